The van der Waals surface area contributed by atoms with E-state index in [1.54, 1.807) is 17.1 Å². The summed E-state index contributed by atoms with van der Waals surface area (Å²) in [5, 5.41) is 6.09. The topological polar surface area (TPSA) is 84.7 Å². The maximum Gasteiger partial charge on any atom is 0.248 e. The third kappa shape index (κ3) is 4.77. The van der Waals surface area contributed by atoms with Crippen molar-refractivity contribution < 1.29 is 4.79 Å². The average Bonchev–Trinajstić information content (AvgIpc) is 3.30. The van der Waals surface area contributed by atoms with Gasteiger partial charge in [-0.25, -0.2) is 15.0 Å². The molecule has 0 bridgehead atoms. The minimum absolute atomic E-state index is 0.181. The lowest BCUT2D eigenvalue weighted by Crippen LogP contribution is -2.07. The molecule has 7 nitrogen and oxygen atoms in total. The van der Waals surface area contributed by atoms with E-state index < -0.39 is 0 Å². The van der Waals surface area contributed by atoms with E-state index in [4.69, 9.17) is 0 Å². The van der Waals surface area contributed by atoms with Gasteiger partial charge in [0.1, 0.15) is 24.3 Å². The minimum atomic E-state index is -0.181. The van der Waals surface area contributed by atoms with Gasteiger partial charge in [0.2, 0.25) is 5.91 Å². The van der Waals surface area contributed by atoms with Gasteiger partial charge in [-0.1, -0.05) is 24.3 Å². The van der Waals surface area contributed by atoms with Crippen molar-refractivity contribution in [3.63, 3.8) is 0 Å². The SMILES string of the molecule is Cc1ccccc1/C=C/C(=O)Nc1ccc(Nc2cc(-n3ccnc3)ncn2)cc1. The highest BCUT2D eigenvalue weighted by atomic mass is 16.1. The summed E-state index contributed by atoms with van der Waals surface area (Å²) in [6.45, 7) is 2.01. The molecule has 148 valence electrons. The van der Waals surface area contributed by atoms with Crippen LogP contribution in [0.1, 0.15) is 11.1 Å². The summed E-state index contributed by atoms with van der Waals surface area (Å²) in [6.07, 6.45) is 10.0. The number of hydrogen-bond acceptors (Lipinski definition) is 5. The van der Waals surface area contributed by atoms with Crippen LogP contribution in [0.2, 0.25) is 0 Å². The number of carbonyl (C=O) groups is 1. The lowest BCUT2D eigenvalue weighted by molar-refractivity contribution is -0.111. The van der Waals surface area contributed by atoms with Crippen molar-refractivity contribution >= 4 is 29.2 Å². The van der Waals surface area contributed by atoms with Crippen molar-refractivity contribution in [3.05, 3.63) is 96.8 Å². The number of hydrogen-bond donors (Lipinski definition) is 2. The lowest BCUT2D eigenvalue weighted by atomic mass is 10.1. The van der Waals surface area contributed by atoms with E-state index in [2.05, 4.69) is 25.6 Å². The number of carbonyl (C=O) groups excluding carboxylic acids is 1. The molecule has 4 rings (SSSR count). The molecule has 2 aromatic carbocycles. The van der Waals surface area contributed by atoms with E-state index in [0.717, 1.165) is 16.8 Å². The van der Waals surface area contributed by atoms with Crippen molar-refractivity contribution in [1.82, 2.24) is 19.5 Å². The lowest BCUT2D eigenvalue weighted by Gasteiger charge is -2.08. The fourth-order valence-corrected chi connectivity index (χ4v) is 2.86. The molecule has 2 aromatic heterocycles. The monoisotopic (exact) mass is 396 g/mol. The molecule has 2 heterocycles. The molecule has 0 saturated carbocycles. The molecule has 0 atom stereocenters. The Labute approximate surface area is 174 Å². The molecule has 4 aromatic rings. The second-order valence-electron chi connectivity index (χ2n) is 6.61. The fraction of sp³-hybridized carbons (Fsp3) is 0.0435. The first-order valence-corrected chi connectivity index (χ1v) is 9.39. The van der Waals surface area contributed by atoms with Crippen LogP contribution in [0, 0.1) is 6.92 Å². The summed E-state index contributed by atoms with van der Waals surface area (Å²) >= 11 is 0. The maximum absolute atomic E-state index is 12.2. The van der Waals surface area contributed by atoms with E-state index >= 15 is 0 Å². The van der Waals surface area contributed by atoms with Crippen LogP contribution >= 0.6 is 0 Å². The molecule has 0 radical (unpaired) electrons. The highest BCUT2D eigenvalue weighted by Gasteiger charge is 2.03. The van der Waals surface area contributed by atoms with Crippen molar-refractivity contribution in [1.29, 1.82) is 0 Å². The van der Waals surface area contributed by atoms with Gasteiger partial charge in [-0.15, -0.1) is 0 Å². The van der Waals surface area contributed by atoms with E-state index in [9.17, 15) is 4.79 Å². The zero-order valence-electron chi connectivity index (χ0n) is 16.4. The average molecular weight is 396 g/mol. The van der Waals surface area contributed by atoms with E-state index in [0.29, 0.717) is 17.3 Å². The standard InChI is InChI=1S/C23H20N6O/c1-17-4-2-3-5-18(17)6-11-23(30)28-20-9-7-19(8-10-20)27-21-14-22(26-15-25-21)29-13-12-24-16-29/h2-16H,1H3,(H,28,30)(H,25,26,27)/b11-6+. The van der Waals surface area contributed by atoms with Gasteiger partial charge in [-0.2, -0.15) is 0 Å². The van der Waals surface area contributed by atoms with Crippen LogP contribution in [-0.2, 0) is 4.79 Å². The Hall–Kier alpha value is -4.26. The second-order valence-corrected chi connectivity index (χ2v) is 6.61. The number of aryl methyl sites for hydroxylation is 1. The minimum Gasteiger partial charge on any atom is -0.340 e. The van der Waals surface area contributed by atoms with E-state index in [1.807, 2.05) is 73.8 Å². The van der Waals surface area contributed by atoms with Gasteiger partial charge in [0.15, 0.2) is 0 Å². The number of amides is 1. The van der Waals surface area contributed by atoms with Crippen LogP contribution in [0.15, 0.2) is 85.7 Å². The molecule has 0 unspecified atom stereocenters. The molecule has 0 fully saturated rings. The number of rotatable bonds is 6. The largest absolute Gasteiger partial charge is 0.340 e. The zero-order valence-corrected chi connectivity index (χ0v) is 16.4. The normalized spacial score (nSPS) is 10.8. The molecular weight excluding hydrogens is 376 g/mol. The summed E-state index contributed by atoms with van der Waals surface area (Å²) in [6, 6.07) is 17.2. The molecule has 0 aliphatic rings. The Morgan fingerprint density at radius 3 is 2.60 bits per heavy atom. The van der Waals surface area contributed by atoms with Crippen LogP contribution < -0.4 is 10.6 Å². The van der Waals surface area contributed by atoms with Crippen molar-refractivity contribution in [2.45, 2.75) is 6.92 Å². The smallest absolute Gasteiger partial charge is 0.248 e. The summed E-state index contributed by atoms with van der Waals surface area (Å²) in [5.74, 6) is 1.20. The van der Waals surface area contributed by atoms with Gasteiger partial charge in [0, 0.05) is 35.9 Å². The molecule has 0 aliphatic heterocycles. The van der Waals surface area contributed by atoms with Gasteiger partial charge < -0.3 is 10.6 Å². The molecule has 0 saturated heterocycles. The summed E-state index contributed by atoms with van der Waals surface area (Å²) in [7, 11) is 0. The summed E-state index contributed by atoms with van der Waals surface area (Å²) in [5.41, 5.74) is 3.70. The highest BCUT2D eigenvalue weighted by Crippen LogP contribution is 2.19. The second kappa shape index (κ2) is 8.83. The van der Waals surface area contributed by atoms with Gasteiger partial charge in [-0.3, -0.25) is 9.36 Å². The Morgan fingerprint density at radius 2 is 1.83 bits per heavy atom. The predicted octanol–water partition coefficient (Wildman–Crippen LogP) is 4.37. The van der Waals surface area contributed by atoms with Gasteiger partial charge in [0.05, 0.1) is 0 Å². The van der Waals surface area contributed by atoms with Crippen LogP contribution in [0.25, 0.3) is 11.9 Å². The first kappa shape index (κ1) is 19.1. The van der Waals surface area contributed by atoms with Crippen molar-refractivity contribution in [2.75, 3.05) is 10.6 Å². The summed E-state index contributed by atoms with van der Waals surface area (Å²) < 4.78 is 1.80. The molecule has 2 N–H and O–H groups in total. The summed E-state index contributed by atoms with van der Waals surface area (Å²) in [4.78, 5) is 24.7. The van der Waals surface area contributed by atoms with Crippen LogP contribution in [0.4, 0.5) is 17.2 Å². The van der Waals surface area contributed by atoms with E-state index in [1.165, 1.54) is 12.4 Å². The van der Waals surface area contributed by atoms with Gasteiger partial charge >= 0.3 is 0 Å². The van der Waals surface area contributed by atoms with Gasteiger partial charge in [-0.05, 0) is 48.4 Å². The Bertz CT molecular complexity index is 1170. The number of anilines is 3. The predicted molar refractivity (Wildman–Crippen MR) is 118 cm³/mol. The number of nitrogens with zero attached hydrogens (tertiary/aromatic N) is 4. The quantitative estimate of drug-likeness (QED) is 0.473. The third-order valence-electron chi connectivity index (χ3n) is 4.45. The Balaban J connectivity index is 1.38. The molecule has 1 amide bonds. The van der Waals surface area contributed by atoms with Crippen molar-refractivity contribution in [2.24, 2.45) is 0 Å². The van der Waals surface area contributed by atoms with Crippen LogP contribution in [0.3, 0.4) is 0 Å². The van der Waals surface area contributed by atoms with Crippen LogP contribution in [0.5, 0.6) is 0 Å². The van der Waals surface area contributed by atoms with E-state index in [-0.39, 0.29) is 5.91 Å². The Kier molecular flexibility index (Phi) is 5.61. The molecule has 0 spiro atoms. The maximum atomic E-state index is 12.2. The number of benzene rings is 2. The molecule has 7 heteroatoms. The Morgan fingerprint density at radius 1 is 1.03 bits per heavy atom. The molecular formula is C23H20N6O. The molecule has 30 heavy (non-hydrogen) atoms. The number of nitrogens with one attached hydrogen (secondary N) is 2. The first-order chi connectivity index (χ1) is 14.7. The zero-order chi connectivity index (χ0) is 20.8. The fourth-order valence-electron chi connectivity index (χ4n) is 2.86. The number of aromatic nitrogens is 4. The van der Waals surface area contributed by atoms with Crippen LogP contribution in [-0.4, -0.2) is 25.4 Å². The molecule has 0 aliphatic carbocycles. The first-order valence-electron chi connectivity index (χ1n) is 9.39. The number of imidazole rings is 1. The highest BCUT2D eigenvalue weighted by molar-refractivity contribution is 6.02. The van der Waals surface area contributed by atoms with Crippen molar-refractivity contribution in [3.8, 4) is 5.82 Å². The van der Waals surface area contributed by atoms with Gasteiger partial charge in [0.25, 0.3) is 0 Å². The third-order valence-corrected chi connectivity index (χ3v) is 4.45.